The van der Waals surface area contributed by atoms with Gasteiger partial charge in [0.25, 0.3) is 17.7 Å². The van der Waals surface area contributed by atoms with E-state index in [0.29, 0.717) is 34.6 Å². The molecule has 4 aromatic rings. The molecule has 0 aliphatic rings. The first-order chi connectivity index (χ1) is 17.4. The number of nitrogens with zero attached hydrogens (tertiary/aromatic N) is 1. The summed E-state index contributed by atoms with van der Waals surface area (Å²) in [6.45, 7) is 2.31. The molecule has 2 N–H and O–H groups in total. The summed E-state index contributed by atoms with van der Waals surface area (Å²) in [5.74, 6) is -0.834. The standard InChI is InChI=1S/C30H27N3O3/c1-21-17-18-24(19-27(21)32-28(34)23-13-7-4-8-14-23)29(35)31-26-16-10-9-15-25(26)30(36)33(2)20-22-11-5-3-6-12-22/h3-19H,20H2,1-2H3,(H,31,35)(H,32,34). The van der Waals surface area contributed by atoms with E-state index >= 15 is 0 Å². The Morgan fingerprint density at radius 1 is 0.667 bits per heavy atom. The van der Waals surface area contributed by atoms with Crippen molar-refractivity contribution in [3.63, 3.8) is 0 Å². The van der Waals surface area contributed by atoms with Gasteiger partial charge in [0.1, 0.15) is 0 Å². The van der Waals surface area contributed by atoms with Gasteiger partial charge < -0.3 is 15.5 Å². The zero-order valence-electron chi connectivity index (χ0n) is 20.2. The number of nitrogens with one attached hydrogen (secondary N) is 2. The van der Waals surface area contributed by atoms with Crippen LogP contribution in [-0.2, 0) is 6.54 Å². The van der Waals surface area contributed by atoms with Crippen LogP contribution in [0, 0.1) is 6.92 Å². The number of aryl methyl sites for hydroxylation is 1. The summed E-state index contributed by atoms with van der Waals surface area (Å²) in [5, 5.41) is 5.73. The topological polar surface area (TPSA) is 78.5 Å². The molecule has 6 heteroatoms. The molecule has 3 amide bonds. The van der Waals surface area contributed by atoms with E-state index in [4.69, 9.17) is 0 Å². The summed E-state index contributed by atoms with van der Waals surface area (Å²) in [7, 11) is 1.73. The monoisotopic (exact) mass is 477 g/mol. The van der Waals surface area contributed by atoms with Crippen LogP contribution in [0.2, 0.25) is 0 Å². The third kappa shape index (κ3) is 5.85. The van der Waals surface area contributed by atoms with E-state index in [9.17, 15) is 14.4 Å². The predicted molar refractivity (Wildman–Crippen MR) is 142 cm³/mol. The van der Waals surface area contributed by atoms with Gasteiger partial charge in [-0.1, -0.05) is 66.7 Å². The van der Waals surface area contributed by atoms with Crippen LogP contribution in [0.4, 0.5) is 11.4 Å². The molecule has 0 saturated heterocycles. The summed E-state index contributed by atoms with van der Waals surface area (Å²) in [6.07, 6.45) is 0. The minimum atomic E-state index is -0.379. The van der Waals surface area contributed by atoms with Crippen LogP contribution >= 0.6 is 0 Å². The van der Waals surface area contributed by atoms with E-state index in [1.54, 1.807) is 78.7 Å². The minimum Gasteiger partial charge on any atom is -0.337 e. The molecule has 0 unspecified atom stereocenters. The van der Waals surface area contributed by atoms with E-state index in [1.165, 1.54) is 0 Å². The van der Waals surface area contributed by atoms with Gasteiger partial charge in [0.2, 0.25) is 0 Å². The zero-order chi connectivity index (χ0) is 25.5. The normalized spacial score (nSPS) is 10.4. The Morgan fingerprint density at radius 2 is 1.25 bits per heavy atom. The van der Waals surface area contributed by atoms with Crippen molar-refractivity contribution < 1.29 is 14.4 Å². The van der Waals surface area contributed by atoms with Crippen molar-refractivity contribution in [3.05, 3.63) is 131 Å². The number of anilines is 2. The number of amides is 3. The molecule has 0 bridgehead atoms. The summed E-state index contributed by atoms with van der Waals surface area (Å²) >= 11 is 0. The molecule has 0 radical (unpaired) electrons. The highest BCUT2D eigenvalue weighted by atomic mass is 16.2. The first-order valence-electron chi connectivity index (χ1n) is 11.6. The van der Waals surface area contributed by atoms with Gasteiger partial charge in [-0.25, -0.2) is 0 Å². The van der Waals surface area contributed by atoms with Crippen molar-refractivity contribution in [2.75, 3.05) is 17.7 Å². The molecular formula is C30H27N3O3. The Balaban J connectivity index is 1.50. The third-order valence-electron chi connectivity index (χ3n) is 5.80. The van der Waals surface area contributed by atoms with Crippen LogP contribution in [0.5, 0.6) is 0 Å². The van der Waals surface area contributed by atoms with Crippen molar-refractivity contribution in [2.24, 2.45) is 0 Å². The van der Waals surface area contributed by atoms with E-state index in [1.807, 2.05) is 43.3 Å². The zero-order valence-corrected chi connectivity index (χ0v) is 20.2. The van der Waals surface area contributed by atoms with Crippen molar-refractivity contribution in [1.29, 1.82) is 0 Å². The fourth-order valence-corrected chi connectivity index (χ4v) is 3.79. The highest BCUT2D eigenvalue weighted by Gasteiger charge is 2.18. The SMILES string of the molecule is Cc1ccc(C(=O)Nc2ccccc2C(=O)N(C)Cc2ccccc2)cc1NC(=O)c1ccccc1. The lowest BCUT2D eigenvalue weighted by molar-refractivity contribution is 0.0786. The maximum Gasteiger partial charge on any atom is 0.256 e. The Kier molecular flexibility index (Phi) is 7.56. The van der Waals surface area contributed by atoms with Crippen LogP contribution < -0.4 is 10.6 Å². The molecule has 0 heterocycles. The highest BCUT2D eigenvalue weighted by Crippen LogP contribution is 2.22. The largest absolute Gasteiger partial charge is 0.337 e. The van der Waals surface area contributed by atoms with Gasteiger partial charge in [-0.2, -0.15) is 0 Å². The van der Waals surface area contributed by atoms with E-state index < -0.39 is 0 Å². The second-order valence-corrected chi connectivity index (χ2v) is 8.50. The van der Waals surface area contributed by atoms with Gasteiger partial charge in [0.15, 0.2) is 0 Å². The first-order valence-corrected chi connectivity index (χ1v) is 11.6. The average Bonchev–Trinajstić information content (AvgIpc) is 2.90. The summed E-state index contributed by atoms with van der Waals surface area (Å²) in [5.41, 5.74) is 4.09. The lowest BCUT2D eigenvalue weighted by atomic mass is 10.1. The van der Waals surface area contributed by atoms with Gasteiger partial charge in [0, 0.05) is 30.4 Å². The maximum absolute atomic E-state index is 13.2. The highest BCUT2D eigenvalue weighted by molar-refractivity contribution is 6.10. The van der Waals surface area contributed by atoms with Crippen LogP contribution in [0.1, 0.15) is 42.2 Å². The van der Waals surface area contributed by atoms with Crippen LogP contribution in [-0.4, -0.2) is 29.7 Å². The van der Waals surface area contributed by atoms with Crippen molar-refractivity contribution >= 4 is 29.1 Å². The number of carbonyl (C=O) groups excluding carboxylic acids is 3. The van der Waals surface area contributed by atoms with Crippen molar-refractivity contribution in [2.45, 2.75) is 13.5 Å². The fraction of sp³-hybridized carbons (Fsp3) is 0.100. The predicted octanol–water partition coefficient (Wildman–Crippen LogP) is 5.77. The van der Waals surface area contributed by atoms with Gasteiger partial charge >= 0.3 is 0 Å². The summed E-state index contributed by atoms with van der Waals surface area (Å²) in [6, 6.07) is 30.6. The Bertz CT molecular complexity index is 1390. The van der Waals surface area contributed by atoms with E-state index in [-0.39, 0.29) is 17.7 Å². The number of hydrogen-bond acceptors (Lipinski definition) is 3. The fourth-order valence-electron chi connectivity index (χ4n) is 3.79. The molecular weight excluding hydrogens is 450 g/mol. The summed E-state index contributed by atoms with van der Waals surface area (Å²) in [4.78, 5) is 40.5. The van der Waals surface area contributed by atoms with Gasteiger partial charge in [-0.15, -0.1) is 0 Å². The van der Waals surface area contributed by atoms with Crippen LogP contribution in [0.15, 0.2) is 103 Å². The molecule has 0 spiro atoms. The molecule has 36 heavy (non-hydrogen) atoms. The van der Waals surface area contributed by atoms with Crippen molar-refractivity contribution in [3.8, 4) is 0 Å². The van der Waals surface area contributed by atoms with Gasteiger partial charge in [-0.3, -0.25) is 14.4 Å². The Morgan fingerprint density at radius 3 is 1.97 bits per heavy atom. The maximum atomic E-state index is 13.2. The quantitative estimate of drug-likeness (QED) is 0.355. The Hall–Kier alpha value is -4.71. The lowest BCUT2D eigenvalue weighted by Crippen LogP contribution is -2.27. The molecule has 0 saturated carbocycles. The molecule has 0 aliphatic heterocycles. The molecule has 0 fully saturated rings. The number of hydrogen-bond donors (Lipinski definition) is 2. The van der Waals surface area contributed by atoms with Crippen molar-refractivity contribution in [1.82, 2.24) is 4.90 Å². The van der Waals surface area contributed by atoms with Crippen LogP contribution in [0.3, 0.4) is 0 Å². The molecule has 0 aliphatic carbocycles. The average molecular weight is 478 g/mol. The molecule has 4 rings (SSSR count). The molecule has 0 aromatic heterocycles. The smallest absolute Gasteiger partial charge is 0.256 e. The minimum absolute atomic E-state index is 0.200. The number of rotatable bonds is 7. The summed E-state index contributed by atoms with van der Waals surface area (Å²) < 4.78 is 0. The molecule has 180 valence electrons. The van der Waals surface area contributed by atoms with Gasteiger partial charge in [0.05, 0.1) is 11.3 Å². The molecule has 4 aromatic carbocycles. The number of benzene rings is 4. The number of carbonyl (C=O) groups is 3. The second-order valence-electron chi connectivity index (χ2n) is 8.50. The third-order valence-corrected chi connectivity index (χ3v) is 5.80. The lowest BCUT2D eigenvalue weighted by Gasteiger charge is -2.19. The Labute approximate surface area is 210 Å². The first kappa shape index (κ1) is 24.4. The molecule has 6 nitrogen and oxygen atoms in total. The second kappa shape index (κ2) is 11.1. The van der Waals surface area contributed by atoms with E-state index in [2.05, 4.69) is 10.6 Å². The number of para-hydroxylation sites is 1. The van der Waals surface area contributed by atoms with Crippen LogP contribution in [0.25, 0.3) is 0 Å². The van der Waals surface area contributed by atoms with E-state index in [0.717, 1.165) is 11.1 Å². The van der Waals surface area contributed by atoms with Gasteiger partial charge in [-0.05, 0) is 54.4 Å². The molecule has 0 atom stereocenters.